The first-order valence-electron chi connectivity index (χ1n) is 16.1. The van der Waals surface area contributed by atoms with Crippen molar-refractivity contribution in [2.75, 3.05) is 6.73 Å². The number of aliphatic hydroxyl groups is 1. The summed E-state index contributed by atoms with van der Waals surface area (Å²) in [6, 6.07) is 0.529. The lowest BCUT2D eigenvalue weighted by molar-refractivity contribution is 0.229. The van der Waals surface area contributed by atoms with E-state index in [4.69, 9.17) is 0 Å². The van der Waals surface area contributed by atoms with Crippen molar-refractivity contribution >= 4 is 0 Å². The third-order valence-electron chi connectivity index (χ3n) is 7.84. The molecule has 0 aliphatic carbocycles. The molecule has 0 aromatic rings. The average molecular weight is 482 g/mol. The average Bonchev–Trinajstić information content (AvgIpc) is 2.84. The van der Waals surface area contributed by atoms with Crippen LogP contribution in [0, 0.1) is 5.92 Å². The van der Waals surface area contributed by atoms with Gasteiger partial charge in [0.05, 0.1) is 6.73 Å². The summed E-state index contributed by atoms with van der Waals surface area (Å²) < 4.78 is 0. The van der Waals surface area contributed by atoms with Crippen molar-refractivity contribution in [3.8, 4) is 0 Å². The molecule has 2 atom stereocenters. The summed E-state index contributed by atoms with van der Waals surface area (Å²) in [4.78, 5) is 0. The SMILES string of the molecule is CCCCCCCCCCCCCCC(CCCCCCCCC(C)CCCCCC)NCO. The molecule has 0 aliphatic heterocycles. The molecule has 0 saturated carbocycles. The molecule has 0 spiro atoms. The molecular formula is C32H67NO. The van der Waals surface area contributed by atoms with Gasteiger partial charge in [0.1, 0.15) is 0 Å². The van der Waals surface area contributed by atoms with Crippen molar-refractivity contribution in [2.45, 2.75) is 194 Å². The molecule has 0 bridgehead atoms. The van der Waals surface area contributed by atoms with E-state index in [0.717, 1.165) is 5.92 Å². The topological polar surface area (TPSA) is 32.3 Å². The molecule has 2 N–H and O–H groups in total. The van der Waals surface area contributed by atoms with E-state index in [1.807, 2.05) is 0 Å². The minimum absolute atomic E-state index is 0.138. The Hall–Kier alpha value is -0.0800. The summed E-state index contributed by atoms with van der Waals surface area (Å²) in [5.41, 5.74) is 0. The summed E-state index contributed by atoms with van der Waals surface area (Å²) in [6.45, 7) is 7.19. The van der Waals surface area contributed by atoms with E-state index in [-0.39, 0.29) is 6.73 Å². The molecule has 0 aliphatic rings. The maximum absolute atomic E-state index is 9.34. The molecule has 206 valence electrons. The summed E-state index contributed by atoms with van der Waals surface area (Å²) >= 11 is 0. The largest absolute Gasteiger partial charge is 0.381 e. The zero-order valence-corrected chi connectivity index (χ0v) is 24.2. The first-order chi connectivity index (χ1) is 16.7. The van der Waals surface area contributed by atoms with Crippen LogP contribution in [0.15, 0.2) is 0 Å². The molecule has 0 fully saturated rings. The molecular weight excluding hydrogens is 414 g/mol. The van der Waals surface area contributed by atoms with Gasteiger partial charge in [0.15, 0.2) is 0 Å². The fraction of sp³-hybridized carbons (Fsp3) is 1.00. The maximum atomic E-state index is 9.34. The lowest BCUT2D eigenvalue weighted by atomic mass is 9.96. The molecule has 2 nitrogen and oxygen atoms in total. The summed E-state index contributed by atoms with van der Waals surface area (Å²) in [7, 11) is 0. The van der Waals surface area contributed by atoms with Crippen LogP contribution in [0.4, 0.5) is 0 Å². The Bertz CT molecular complexity index is 359. The Morgan fingerprint density at radius 2 is 0.735 bits per heavy atom. The highest BCUT2D eigenvalue weighted by molar-refractivity contribution is 4.66. The Morgan fingerprint density at radius 3 is 1.09 bits per heavy atom. The quantitative estimate of drug-likeness (QED) is 0.0822. The third kappa shape index (κ3) is 26.5. The summed E-state index contributed by atoms with van der Waals surface area (Å²) in [5.74, 6) is 0.933. The van der Waals surface area contributed by atoms with Crippen molar-refractivity contribution in [2.24, 2.45) is 5.92 Å². The van der Waals surface area contributed by atoms with E-state index in [9.17, 15) is 5.11 Å². The number of hydrogen-bond donors (Lipinski definition) is 2. The zero-order valence-electron chi connectivity index (χ0n) is 24.2. The van der Waals surface area contributed by atoms with Crippen LogP contribution >= 0.6 is 0 Å². The van der Waals surface area contributed by atoms with Gasteiger partial charge in [0.25, 0.3) is 0 Å². The highest BCUT2D eigenvalue weighted by Crippen LogP contribution is 2.19. The maximum Gasteiger partial charge on any atom is 0.0933 e. The molecule has 0 heterocycles. The van der Waals surface area contributed by atoms with Crippen molar-refractivity contribution in [1.29, 1.82) is 0 Å². The van der Waals surface area contributed by atoms with E-state index in [1.54, 1.807) is 0 Å². The van der Waals surface area contributed by atoms with Crippen LogP contribution in [0.5, 0.6) is 0 Å². The van der Waals surface area contributed by atoms with Crippen molar-refractivity contribution < 1.29 is 5.11 Å². The Labute approximate surface area is 216 Å². The zero-order chi connectivity index (χ0) is 25.0. The van der Waals surface area contributed by atoms with Gasteiger partial charge in [-0.25, -0.2) is 0 Å². The highest BCUT2D eigenvalue weighted by atomic mass is 16.3. The lowest BCUT2D eigenvalue weighted by Crippen LogP contribution is -2.29. The predicted octanol–water partition coefficient (Wildman–Crippen LogP) is 10.7. The molecule has 34 heavy (non-hydrogen) atoms. The van der Waals surface area contributed by atoms with E-state index in [2.05, 4.69) is 26.1 Å². The van der Waals surface area contributed by atoms with Crippen LogP contribution in [-0.4, -0.2) is 17.9 Å². The highest BCUT2D eigenvalue weighted by Gasteiger charge is 2.07. The number of rotatable bonds is 29. The van der Waals surface area contributed by atoms with Crippen molar-refractivity contribution in [3.05, 3.63) is 0 Å². The Balaban J connectivity index is 3.46. The number of nitrogens with one attached hydrogen (secondary N) is 1. The van der Waals surface area contributed by atoms with Crippen LogP contribution in [0.2, 0.25) is 0 Å². The first kappa shape index (κ1) is 33.9. The second kappa shape index (κ2) is 29.2. The van der Waals surface area contributed by atoms with Crippen LogP contribution in [-0.2, 0) is 0 Å². The number of hydrogen-bond acceptors (Lipinski definition) is 2. The molecule has 0 rings (SSSR count). The van der Waals surface area contributed by atoms with Crippen LogP contribution < -0.4 is 5.32 Å². The number of aliphatic hydroxyl groups excluding tert-OH is 1. The minimum Gasteiger partial charge on any atom is -0.381 e. The van der Waals surface area contributed by atoms with Crippen molar-refractivity contribution in [3.63, 3.8) is 0 Å². The minimum atomic E-state index is 0.138. The predicted molar refractivity (Wildman–Crippen MR) is 155 cm³/mol. The van der Waals surface area contributed by atoms with Crippen LogP contribution in [0.3, 0.4) is 0 Å². The van der Waals surface area contributed by atoms with Gasteiger partial charge in [-0.1, -0.05) is 175 Å². The summed E-state index contributed by atoms with van der Waals surface area (Å²) in [5, 5.41) is 12.7. The van der Waals surface area contributed by atoms with Gasteiger partial charge in [0, 0.05) is 6.04 Å². The second-order valence-electron chi connectivity index (χ2n) is 11.4. The molecule has 2 unspecified atom stereocenters. The third-order valence-corrected chi connectivity index (χ3v) is 7.84. The molecule has 0 radical (unpaired) electrons. The molecule has 0 aromatic heterocycles. The van der Waals surface area contributed by atoms with Gasteiger partial charge in [-0.3, -0.25) is 5.32 Å². The van der Waals surface area contributed by atoms with Gasteiger partial charge < -0.3 is 5.11 Å². The lowest BCUT2D eigenvalue weighted by Gasteiger charge is -2.17. The normalized spacial score (nSPS) is 13.4. The van der Waals surface area contributed by atoms with E-state index >= 15 is 0 Å². The van der Waals surface area contributed by atoms with Gasteiger partial charge in [-0.2, -0.15) is 0 Å². The monoisotopic (exact) mass is 482 g/mol. The first-order valence-corrected chi connectivity index (χ1v) is 16.1. The van der Waals surface area contributed by atoms with Gasteiger partial charge in [-0.15, -0.1) is 0 Å². The molecule has 0 saturated heterocycles. The fourth-order valence-electron chi connectivity index (χ4n) is 5.36. The van der Waals surface area contributed by atoms with Crippen LogP contribution in [0.1, 0.15) is 188 Å². The van der Waals surface area contributed by atoms with Gasteiger partial charge in [-0.05, 0) is 18.8 Å². The second-order valence-corrected chi connectivity index (χ2v) is 11.4. The Kier molecular flexibility index (Phi) is 29.1. The Morgan fingerprint density at radius 1 is 0.441 bits per heavy atom. The van der Waals surface area contributed by atoms with Crippen LogP contribution in [0.25, 0.3) is 0 Å². The van der Waals surface area contributed by atoms with Gasteiger partial charge >= 0.3 is 0 Å². The number of unbranched alkanes of at least 4 members (excludes halogenated alkanes) is 19. The van der Waals surface area contributed by atoms with E-state index < -0.39 is 0 Å². The summed E-state index contributed by atoms with van der Waals surface area (Å²) in [6.07, 6.45) is 36.4. The standard InChI is InChI=1S/C32H67NO/c1-4-6-8-10-11-12-13-14-15-16-20-24-28-32(33-30-34)29-25-21-18-17-19-23-27-31(3)26-22-9-7-5-2/h31-34H,4-30H2,1-3H3. The smallest absolute Gasteiger partial charge is 0.0933 e. The molecule has 0 amide bonds. The van der Waals surface area contributed by atoms with Gasteiger partial charge in [0.2, 0.25) is 0 Å². The molecule has 0 aromatic carbocycles. The fourth-order valence-corrected chi connectivity index (χ4v) is 5.36. The molecule has 2 heteroatoms. The van der Waals surface area contributed by atoms with E-state index in [0.29, 0.717) is 6.04 Å². The van der Waals surface area contributed by atoms with Crippen molar-refractivity contribution in [1.82, 2.24) is 5.32 Å². The van der Waals surface area contributed by atoms with E-state index in [1.165, 1.54) is 167 Å².